The van der Waals surface area contributed by atoms with Crippen molar-refractivity contribution in [2.75, 3.05) is 33.1 Å². The maximum absolute atomic E-state index is 12.2. The highest BCUT2D eigenvalue weighted by atomic mass is 32.2. The molecule has 27 heavy (non-hydrogen) atoms. The number of nitrogens with two attached hydrogens (primary N) is 1. The molecule has 0 heterocycles. The third kappa shape index (κ3) is 5.95. The second-order valence-electron chi connectivity index (χ2n) is 5.98. The van der Waals surface area contributed by atoms with Crippen molar-refractivity contribution in [3.63, 3.8) is 0 Å². The molecule has 3 N–H and O–H groups in total. The number of primary sulfonamides is 1. The maximum atomic E-state index is 12.2. The second kappa shape index (κ2) is 8.85. The van der Waals surface area contributed by atoms with Gasteiger partial charge in [0.2, 0.25) is 15.9 Å². The van der Waals surface area contributed by atoms with E-state index in [9.17, 15) is 13.2 Å². The summed E-state index contributed by atoms with van der Waals surface area (Å²) < 4.78 is 33.0. The molecule has 146 valence electrons. The lowest BCUT2D eigenvalue weighted by Gasteiger charge is -2.17. The number of nitrogens with zero attached hydrogens (tertiary/aromatic N) is 1. The Balaban J connectivity index is 1.93. The second-order valence-corrected chi connectivity index (χ2v) is 7.54. The van der Waals surface area contributed by atoms with Crippen molar-refractivity contribution in [2.45, 2.75) is 11.4 Å². The van der Waals surface area contributed by atoms with E-state index < -0.39 is 10.0 Å². The lowest BCUT2D eigenvalue weighted by atomic mass is 10.2. The van der Waals surface area contributed by atoms with E-state index in [1.807, 2.05) is 30.1 Å². The van der Waals surface area contributed by atoms with Crippen molar-refractivity contribution in [1.82, 2.24) is 4.90 Å². The quantitative estimate of drug-likeness (QED) is 0.702. The molecule has 0 spiro atoms. The number of anilines is 1. The molecule has 0 fully saturated rings. The SMILES string of the molecule is COc1ccc(CN(C)CC(=O)Nc2ccc(S(N)(=O)=O)cc2)cc1OC. The van der Waals surface area contributed by atoms with Gasteiger partial charge in [0.1, 0.15) is 0 Å². The summed E-state index contributed by atoms with van der Waals surface area (Å²) in [5.41, 5.74) is 1.47. The summed E-state index contributed by atoms with van der Waals surface area (Å²) in [6.07, 6.45) is 0. The Kier molecular flexibility index (Phi) is 6.78. The Bertz CT molecular complexity index is 898. The first-order chi connectivity index (χ1) is 12.7. The average Bonchev–Trinajstić information content (AvgIpc) is 2.61. The lowest BCUT2D eigenvalue weighted by Crippen LogP contribution is -2.29. The molecule has 0 bridgehead atoms. The van der Waals surface area contributed by atoms with Crippen molar-refractivity contribution in [1.29, 1.82) is 0 Å². The predicted octanol–water partition coefficient (Wildman–Crippen LogP) is 1.42. The summed E-state index contributed by atoms with van der Waals surface area (Å²) in [7, 11) is 1.21. The molecule has 0 aromatic heterocycles. The van der Waals surface area contributed by atoms with Gasteiger partial charge in [-0.05, 0) is 49.0 Å². The van der Waals surface area contributed by atoms with Crippen molar-refractivity contribution in [3.8, 4) is 11.5 Å². The summed E-state index contributed by atoms with van der Waals surface area (Å²) >= 11 is 0. The normalized spacial score (nSPS) is 11.3. The summed E-state index contributed by atoms with van der Waals surface area (Å²) in [6, 6.07) is 11.3. The first kappa shape index (κ1) is 20.7. The molecule has 0 atom stereocenters. The molecular weight excluding hydrogens is 370 g/mol. The van der Waals surface area contributed by atoms with Crippen LogP contribution in [0.2, 0.25) is 0 Å². The highest BCUT2D eigenvalue weighted by Crippen LogP contribution is 2.27. The minimum absolute atomic E-state index is 0.00827. The summed E-state index contributed by atoms with van der Waals surface area (Å²) in [5, 5.41) is 7.76. The number of likely N-dealkylation sites (N-methyl/N-ethyl adjacent to an activating group) is 1. The fraction of sp³-hybridized carbons (Fsp3) is 0.278. The van der Waals surface area contributed by atoms with Crippen LogP contribution in [-0.2, 0) is 21.4 Å². The third-order valence-corrected chi connectivity index (χ3v) is 4.71. The van der Waals surface area contributed by atoms with E-state index in [0.29, 0.717) is 23.7 Å². The number of amides is 1. The zero-order valence-electron chi connectivity index (χ0n) is 15.4. The average molecular weight is 393 g/mol. The summed E-state index contributed by atoms with van der Waals surface area (Å²) in [5.74, 6) is 1.05. The van der Waals surface area contributed by atoms with Gasteiger partial charge in [-0.3, -0.25) is 9.69 Å². The van der Waals surface area contributed by atoms with Gasteiger partial charge in [0.15, 0.2) is 11.5 Å². The maximum Gasteiger partial charge on any atom is 0.238 e. The van der Waals surface area contributed by atoms with Gasteiger partial charge in [-0.2, -0.15) is 0 Å². The molecule has 2 aromatic carbocycles. The number of hydrogen-bond donors (Lipinski definition) is 2. The van der Waals surface area contributed by atoms with Crippen LogP contribution in [0.1, 0.15) is 5.56 Å². The Morgan fingerprint density at radius 2 is 1.70 bits per heavy atom. The highest BCUT2D eigenvalue weighted by molar-refractivity contribution is 7.89. The molecule has 0 aliphatic carbocycles. The number of rotatable bonds is 8. The number of carbonyl (C=O) groups excluding carboxylic acids is 1. The molecule has 0 saturated heterocycles. The van der Waals surface area contributed by atoms with Crippen LogP contribution in [-0.4, -0.2) is 47.0 Å². The van der Waals surface area contributed by atoms with Crippen LogP contribution in [0.5, 0.6) is 11.5 Å². The number of ether oxygens (including phenoxy) is 2. The molecule has 1 amide bonds. The number of hydrogen-bond acceptors (Lipinski definition) is 6. The van der Waals surface area contributed by atoms with Crippen LogP contribution in [0.15, 0.2) is 47.4 Å². The lowest BCUT2D eigenvalue weighted by molar-refractivity contribution is -0.117. The zero-order chi connectivity index (χ0) is 20.0. The van der Waals surface area contributed by atoms with Gasteiger partial charge in [0.05, 0.1) is 25.7 Å². The molecule has 8 nitrogen and oxygen atoms in total. The van der Waals surface area contributed by atoms with Crippen LogP contribution in [0.3, 0.4) is 0 Å². The largest absolute Gasteiger partial charge is 0.493 e. The van der Waals surface area contributed by atoms with E-state index in [1.165, 1.54) is 24.3 Å². The van der Waals surface area contributed by atoms with Crippen LogP contribution in [0.4, 0.5) is 5.69 Å². The van der Waals surface area contributed by atoms with Gasteiger partial charge < -0.3 is 14.8 Å². The minimum atomic E-state index is -3.75. The molecule has 0 aliphatic heterocycles. The smallest absolute Gasteiger partial charge is 0.238 e. The Morgan fingerprint density at radius 3 is 2.26 bits per heavy atom. The molecular formula is C18H23N3O5S. The number of nitrogens with one attached hydrogen (secondary N) is 1. The third-order valence-electron chi connectivity index (χ3n) is 3.78. The van der Waals surface area contributed by atoms with Gasteiger partial charge in [0.25, 0.3) is 0 Å². The van der Waals surface area contributed by atoms with Crippen LogP contribution < -0.4 is 19.9 Å². The van der Waals surface area contributed by atoms with E-state index in [2.05, 4.69) is 5.32 Å². The molecule has 0 unspecified atom stereocenters. The van der Waals surface area contributed by atoms with Crippen molar-refractivity contribution >= 4 is 21.6 Å². The van der Waals surface area contributed by atoms with Gasteiger partial charge in [-0.15, -0.1) is 0 Å². The van der Waals surface area contributed by atoms with E-state index in [-0.39, 0.29) is 17.3 Å². The van der Waals surface area contributed by atoms with Crippen molar-refractivity contribution in [2.24, 2.45) is 5.14 Å². The molecule has 9 heteroatoms. The van der Waals surface area contributed by atoms with Gasteiger partial charge in [-0.25, -0.2) is 13.6 Å². The molecule has 0 radical (unpaired) electrons. The topological polar surface area (TPSA) is 111 Å². The number of carbonyl (C=O) groups is 1. The van der Waals surface area contributed by atoms with Crippen LogP contribution in [0, 0.1) is 0 Å². The summed E-state index contributed by atoms with van der Waals surface area (Å²) in [4.78, 5) is 14.0. The highest BCUT2D eigenvalue weighted by Gasteiger charge is 2.11. The minimum Gasteiger partial charge on any atom is -0.493 e. The van der Waals surface area contributed by atoms with Gasteiger partial charge >= 0.3 is 0 Å². The Labute approximate surface area is 158 Å². The van der Waals surface area contributed by atoms with E-state index >= 15 is 0 Å². The number of benzene rings is 2. The van der Waals surface area contributed by atoms with E-state index in [4.69, 9.17) is 14.6 Å². The molecule has 2 aromatic rings. The first-order valence-corrected chi connectivity index (χ1v) is 9.59. The molecule has 2 rings (SSSR count). The standard InChI is InChI=1S/C18H23N3O5S/c1-21(11-13-4-9-16(25-2)17(10-13)26-3)12-18(22)20-14-5-7-15(8-6-14)27(19,23)24/h4-10H,11-12H2,1-3H3,(H,20,22)(H2,19,23,24). The van der Waals surface area contributed by atoms with Crippen LogP contribution >= 0.6 is 0 Å². The molecule has 0 aliphatic rings. The van der Waals surface area contributed by atoms with Crippen LogP contribution in [0.25, 0.3) is 0 Å². The fourth-order valence-corrected chi connectivity index (χ4v) is 3.04. The van der Waals surface area contributed by atoms with E-state index in [1.54, 1.807) is 14.2 Å². The monoisotopic (exact) mass is 393 g/mol. The van der Waals surface area contributed by atoms with E-state index in [0.717, 1.165) is 5.56 Å². The van der Waals surface area contributed by atoms with Gasteiger partial charge in [-0.1, -0.05) is 6.07 Å². The fourth-order valence-electron chi connectivity index (χ4n) is 2.52. The molecule has 0 saturated carbocycles. The number of methoxy groups -OCH3 is 2. The number of sulfonamides is 1. The predicted molar refractivity (Wildman–Crippen MR) is 102 cm³/mol. The van der Waals surface area contributed by atoms with Gasteiger partial charge in [0, 0.05) is 12.2 Å². The zero-order valence-corrected chi connectivity index (χ0v) is 16.2. The first-order valence-electron chi connectivity index (χ1n) is 8.05. The summed E-state index contributed by atoms with van der Waals surface area (Å²) in [6.45, 7) is 0.698. The Hall–Kier alpha value is -2.62. The van der Waals surface area contributed by atoms with Crippen molar-refractivity contribution in [3.05, 3.63) is 48.0 Å². The Morgan fingerprint density at radius 1 is 1.07 bits per heavy atom. The van der Waals surface area contributed by atoms with Crippen molar-refractivity contribution < 1.29 is 22.7 Å².